The highest BCUT2D eigenvalue weighted by Crippen LogP contribution is 2.19. The summed E-state index contributed by atoms with van der Waals surface area (Å²) in [5, 5.41) is 0. The second-order valence-corrected chi connectivity index (χ2v) is 8.24. The molecule has 0 bridgehead atoms. The van der Waals surface area contributed by atoms with Crippen molar-refractivity contribution in [2.45, 2.75) is 25.2 Å². The van der Waals surface area contributed by atoms with E-state index in [1.807, 2.05) is 62.3 Å². The number of amides is 1. The lowest BCUT2D eigenvalue weighted by Gasteiger charge is -2.22. The largest absolute Gasteiger partial charge is 0.378 e. The third-order valence-electron chi connectivity index (χ3n) is 4.33. The van der Waals surface area contributed by atoms with Crippen molar-refractivity contribution >= 4 is 27.3 Å². The topological polar surface area (TPSA) is 69.7 Å². The van der Waals surface area contributed by atoms with Crippen LogP contribution in [0.2, 0.25) is 0 Å². The van der Waals surface area contributed by atoms with Gasteiger partial charge in [-0.3, -0.25) is 4.79 Å². The fourth-order valence-corrected chi connectivity index (χ4v) is 3.70. The molecular weight excluding hydrogens is 362 g/mol. The predicted octanol–water partition coefficient (Wildman–Crippen LogP) is 2.65. The van der Waals surface area contributed by atoms with E-state index in [0.717, 1.165) is 23.4 Å². The predicted molar refractivity (Wildman–Crippen MR) is 110 cm³/mol. The van der Waals surface area contributed by atoms with Gasteiger partial charge in [-0.15, -0.1) is 0 Å². The van der Waals surface area contributed by atoms with E-state index in [0.29, 0.717) is 0 Å². The molecule has 7 heteroatoms. The maximum Gasteiger partial charge on any atom is 0.240 e. The van der Waals surface area contributed by atoms with Crippen molar-refractivity contribution in [1.82, 2.24) is 4.72 Å². The standard InChI is InChI=1S/C20H27N3O3S/c1-5-17-6-12-20(13-7-17)27(25,26)21-14-15-23(16(2)24)19-10-8-18(9-11-19)22(3)4/h6-13,21H,5,14-15H2,1-4H3. The first-order valence-corrected chi connectivity index (χ1v) is 10.4. The van der Waals surface area contributed by atoms with Crippen LogP contribution in [0, 0.1) is 0 Å². The summed E-state index contributed by atoms with van der Waals surface area (Å²) in [5.74, 6) is -0.140. The van der Waals surface area contributed by atoms with Gasteiger partial charge in [0, 0.05) is 45.5 Å². The zero-order chi connectivity index (χ0) is 20.0. The highest BCUT2D eigenvalue weighted by Gasteiger charge is 2.16. The maximum atomic E-state index is 12.4. The van der Waals surface area contributed by atoms with Crippen molar-refractivity contribution in [3.63, 3.8) is 0 Å². The Kier molecular flexibility index (Phi) is 6.98. The SMILES string of the molecule is CCc1ccc(S(=O)(=O)NCCN(C(C)=O)c2ccc(N(C)C)cc2)cc1. The lowest BCUT2D eigenvalue weighted by atomic mass is 10.2. The van der Waals surface area contributed by atoms with Crippen molar-refractivity contribution in [1.29, 1.82) is 0 Å². The van der Waals surface area contributed by atoms with Gasteiger partial charge < -0.3 is 9.80 Å². The minimum Gasteiger partial charge on any atom is -0.378 e. The molecule has 0 aliphatic rings. The molecule has 0 unspecified atom stereocenters. The minimum atomic E-state index is -3.60. The van der Waals surface area contributed by atoms with E-state index in [1.54, 1.807) is 17.0 Å². The van der Waals surface area contributed by atoms with Gasteiger partial charge in [-0.05, 0) is 48.4 Å². The van der Waals surface area contributed by atoms with Gasteiger partial charge in [-0.1, -0.05) is 19.1 Å². The average molecular weight is 390 g/mol. The summed E-state index contributed by atoms with van der Waals surface area (Å²) in [6.07, 6.45) is 0.855. The molecule has 0 spiro atoms. The lowest BCUT2D eigenvalue weighted by molar-refractivity contribution is -0.116. The molecule has 0 saturated heterocycles. The quantitative estimate of drug-likeness (QED) is 0.754. The summed E-state index contributed by atoms with van der Waals surface area (Å²) >= 11 is 0. The van der Waals surface area contributed by atoms with Crippen LogP contribution in [0.3, 0.4) is 0 Å². The van der Waals surface area contributed by atoms with Crippen LogP contribution in [0.5, 0.6) is 0 Å². The van der Waals surface area contributed by atoms with Crippen LogP contribution in [0.15, 0.2) is 53.4 Å². The molecule has 0 aliphatic heterocycles. The molecule has 1 amide bonds. The molecule has 6 nitrogen and oxygen atoms in total. The maximum absolute atomic E-state index is 12.4. The molecule has 0 radical (unpaired) electrons. The smallest absolute Gasteiger partial charge is 0.240 e. The fraction of sp³-hybridized carbons (Fsp3) is 0.350. The summed E-state index contributed by atoms with van der Waals surface area (Å²) in [6, 6.07) is 14.4. The number of hydrogen-bond donors (Lipinski definition) is 1. The van der Waals surface area contributed by atoms with Crippen molar-refractivity contribution < 1.29 is 13.2 Å². The van der Waals surface area contributed by atoms with Crippen LogP contribution in [-0.2, 0) is 21.2 Å². The first-order chi connectivity index (χ1) is 12.7. The summed E-state index contributed by atoms with van der Waals surface area (Å²) in [5.41, 5.74) is 2.84. The van der Waals surface area contributed by atoms with E-state index in [1.165, 1.54) is 6.92 Å². The molecule has 27 heavy (non-hydrogen) atoms. The van der Waals surface area contributed by atoms with Gasteiger partial charge in [0.15, 0.2) is 0 Å². The Morgan fingerprint density at radius 3 is 2.00 bits per heavy atom. The van der Waals surface area contributed by atoms with E-state index in [4.69, 9.17) is 0 Å². The summed E-state index contributed by atoms with van der Waals surface area (Å²) in [7, 11) is 0.287. The first-order valence-electron chi connectivity index (χ1n) is 8.88. The van der Waals surface area contributed by atoms with Crippen LogP contribution >= 0.6 is 0 Å². The van der Waals surface area contributed by atoms with Crippen molar-refractivity contribution in [3.8, 4) is 0 Å². The van der Waals surface area contributed by atoms with Gasteiger partial charge in [0.1, 0.15) is 0 Å². The molecule has 0 fully saturated rings. The normalized spacial score (nSPS) is 11.3. The molecule has 0 atom stereocenters. The molecule has 2 aromatic rings. The Bertz CT molecular complexity index is 860. The molecule has 0 aliphatic carbocycles. The summed E-state index contributed by atoms with van der Waals surface area (Å²) in [6.45, 7) is 3.87. The Hall–Kier alpha value is -2.38. The first kappa shape index (κ1) is 20.9. The second-order valence-electron chi connectivity index (χ2n) is 6.48. The van der Waals surface area contributed by atoms with Crippen LogP contribution in [0.1, 0.15) is 19.4 Å². The van der Waals surface area contributed by atoms with Gasteiger partial charge in [-0.2, -0.15) is 0 Å². The third kappa shape index (κ3) is 5.55. The fourth-order valence-electron chi connectivity index (χ4n) is 2.68. The van der Waals surface area contributed by atoms with Gasteiger partial charge in [0.2, 0.25) is 15.9 Å². The molecule has 0 saturated carbocycles. The Morgan fingerprint density at radius 2 is 1.52 bits per heavy atom. The van der Waals surface area contributed by atoms with E-state index >= 15 is 0 Å². The highest BCUT2D eigenvalue weighted by atomic mass is 32.2. The zero-order valence-corrected chi connectivity index (χ0v) is 17.1. The van der Waals surface area contributed by atoms with E-state index in [2.05, 4.69) is 4.72 Å². The van der Waals surface area contributed by atoms with E-state index < -0.39 is 10.0 Å². The monoisotopic (exact) mass is 389 g/mol. The minimum absolute atomic E-state index is 0.132. The van der Waals surface area contributed by atoms with Gasteiger partial charge >= 0.3 is 0 Å². The number of hydrogen-bond acceptors (Lipinski definition) is 4. The van der Waals surface area contributed by atoms with Gasteiger partial charge in [0.05, 0.1) is 4.90 Å². The zero-order valence-electron chi connectivity index (χ0n) is 16.3. The Labute approximate surface area is 161 Å². The highest BCUT2D eigenvalue weighted by molar-refractivity contribution is 7.89. The Morgan fingerprint density at radius 1 is 0.963 bits per heavy atom. The molecule has 0 heterocycles. The summed E-state index contributed by atoms with van der Waals surface area (Å²) < 4.78 is 27.4. The molecular formula is C20H27N3O3S. The van der Waals surface area contributed by atoms with Gasteiger partial charge in [0.25, 0.3) is 0 Å². The number of carbonyl (C=O) groups is 1. The van der Waals surface area contributed by atoms with Crippen molar-refractivity contribution in [2.75, 3.05) is 37.0 Å². The van der Waals surface area contributed by atoms with Crippen LogP contribution in [-0.4, -0.2) is 41.5 Å². The number of anilines is 2. The van der Waals surface area contributed by atoms with Crippen LogP contribution in [0.25, 0.3) is 0 Å². The molecule has 146 valence electrons. The van der Waals surface area contributed by atoms with Gasteiger partial charge in [-0.25, -0.2) is 13.1 Å². The number of sulfonamides is 1. The Balaban J connectivity index is 2.04. The number of nitrogens with zero attached hydrogens (tertiary/aromatic N) is 2. The number of rotatable bonds is 8. The lowest BCUT2D eigenvalue weighted by Crippen LogP contribution is -2.37. The van der Waals surface area contributed by atoms with E-state index in [-0.39, 0.29) is 23.9 Å². The van der Waals surface area contributed by atoms with Crippen molar-refractivity contribution in [3.05, 3.63) is 54.1 Å². The second kappa shape index (κ2) is 9.01. The molecule has 2 aromatic carbocycles. The molecule has 1 N–H and O–H groups in total. The van der Waals surface area contributed by atoms with Crippen LogP contribution < -0.4 is 14.5 Å². The number of nitrogens with one attached hydrogen (secondary N) is 1. The van der Waals surface area contributed by atoms with Crippen LogP contribution in [0.4, 0.5) is 11.4 Å². The summed E-state index contributed by atoms with van der Waals surface area (Å²) in [4.78, 5) is 15.8. The van der Waals surface area contributed by atoms with E-state index in [9.17, 15) is 13.2 Å². The number of carbonyl (C=O) groups excluding carboxylic acids is 1. The van der Waals surface area contributed by atoms with Crippen molar-refractivity contribution in [2.24, 2.45) is 0 Å². The molecule has 0 aromatic heterocycles. The average Bonchev–Trinajstić information content (AvgIpc) is 2.65. The number of aryl methyl sites for hydroxylation is 1. The molecule has 2 rings (SSSR count). The number of benzene rings is 2. The third-order valence-corrected chi connectivity index (χ3v) is 5.80.